The summed E-state index contributed by atoms with van der Waals surface area (Å²) in [6.45, 7) is 6.91. The average molecular weight is 328 g/mol. The van der Waals surface area contributed by atoms with Crippen LogP contribution in [-0.4, -0.2) is 18.2 Å². The lowest BCUT2D eigenvalue weighted by atomic mass is 9.44. The first kappa shape index (κ1) is 14.8. The van der Waals surface area contributed by atoms with Gasteiger partial charge in [0.05, 0.1) is 24.7 Å². The zero-order valence-corrected chi connectivity index (χ0v) is 14.5. The fraction of sp³-hybridized carbons (Fsp3) is 0.650. The Morgan fingerprint density at radius 2 is 2.12 bits per heavy atom. The highest BCUT2D eigenvalue weighted by Crippen LogP contribution is 2.68. The van der Waals surface area contributed by atoms with Gasteiger partial charge in [0.1, 0.15) is 6.10 Å². The molecule has 0 aromatic carbocycles. The number of hydrogen-bond donors (Lipinski definition) is 0. The van der Waals surface area contributed by atoms with Crippen LogP contribution in [0.1, 0.15) is 51.7 Å². The number of rotatable bonds is 1. The number of fused-ring (bicyclic) bond motifs is 4. The SMILES string of the molecule is C[C@@H]1[C@H]2O[C@@H](c3ccoc3)C[C@]1(C)[C@H]1CCC=C3C(=O)O[C@H]2[C@@]31C. The van der Waals surface area contributed by atoms with Crippen LogP contribution in [0.15, 0.2) is 34.7 Å². The summed E-state index contributed by atoms with van der Waals surface area (Å²) >= 11 is 0. The molecule has 4 aliphatic rings. The second-order valence-corrected chi connectivity index (χ2v) is 8.50. The van der Waals surface area contributed by atoms with Crippen molar-refractivity contribution >= 4 is 5.97 Å². The molecule has 0 radical (unpaired) electrons. The Balaban J connectivity index is 1.64. The number of carbonyl (C=O) groups is 1. The predicted octanol–water partition coefficient (Wildman–Crippen LogP) is 4.03. The number of allylic oxidation sites excluding steroid dienone is 1. The van der Waals surface area contributed by atoms with E-state index in [1.807, 2.05) is 6.07 Å². The summed E-state index contributed by atoms with van der Waals surface area (Å²) in [7, 11) is 0. The van der Waals surface area contributed by atoms with Crippen LogP contribution in [0, 0.1) is 22.7 Å². The van der Waals surface area contributed by atoms with Crippen LogP contribution in [0.3, 0.4) is 0 Å². The zero-order valence-electron chi connectivity index (χ0n) is 14.5. The summed E-state index contributed by atoms with van der Waals surface area (Å²) in [6, 6.07) is 1.99. The van der Waals surface area contributed by atoms with Crippen molar-refractivity contribution in [2.24, 2.45) is 22.7 Å². The summed E-state index contributed by atoms with van der Waals surface area (Å²) in [6.07, 6.45) is 8.47. The molecule has 1 saturated carbocycles. The van der Waals surface area contributed by atoms with Gasteiger partial charge >= 0.3 is 5.97 Å². The van der Waals surface area contributed by atoms with Gasteiger partial charge in [-0.05, 0) is 42.6 Å². The van der Waals surface area contributed by atoms with Crippen LogP contribution in [0.2, 0.25) is 0 Å². The number of hydrogen-bond acceptors (Lipinski definition) is 4. The van der Waals surface area contributed by atoms with E-state index in [0.717, 1.165) is 30.4 Å². The highest BCUT2D eigenvalue weighted by Gasteiger charge is 2.70. The van der Waals surface area contributed by atoms with Crippen LogP contribution in [0.5, 0.6) is 0 Å². The normalized spacial score (nSPS) is 49.4. The van der Waals surface area contributed by atoms with Gasteiger partial charge in [-0.15, -0.1) is 0 Å². The summed E-state index contributed by atoms with van der Waals surface area (Å²) in [4.78, 5) is 12.5. The monoisotopic (exact) mass is 328 g/mol. The number of ether oxygens (including phenoxy) is 2. The van der Waals surface area contributed by atoms with Crippen molar-refractivity contribution in [2.75, 3.05) is 0 Å². The van der Waals surface area contributed by atoms with E-state index in [1.165, 1.54) is 0 Å². The number of furan rings is 1. The van der Waals surface area contributed by atoms with Crippen LogP contribution in [0.25, 0.3) is 0 Å². The van der Waals surface area contributed by atoms with Crippen LogP contribution in [-0.2, 0) is 14.3 Å². The number of esters is 1. The van der Waals surface area contributed by atoms with E-state index in [9.17, 15) is 4.79 Å². The molecule has 5 rings (SSSR count). The molecule has 2 aliphatic heterocycles. The first-order valence-corrected chi connectivity index (χ1v) is 9.05. The molecule has 0 spiro atoms. The Bertz CT molecular complexity index is 720. The molecule has 2 aliphatic carbocycles. The maximum Gasteiger partial charge on any atom is 0.334 e. The first-order chi connectivity index (χ1) is 11.5. The highest BCUT2D eigenvalue weighted by atomic mass is 16.6. The molecule has 0 amide bonds. The van der Waals surface area contributed by atoms with E-state index in [1.54, 1.807) is 12.5 Å². The Morgan fingerprint density at radius 1 is 1.29 bits per heavy atom. The third-order valence-corrected chi connectivity index (χ3v) is 7.64. The van der Waals surface area contributed by atoms with E-state index in [2.05, 4.69) is 26.8 Å². The lowest BCUT2D eigenvalue weighted by Crippen LogP contribution is -2.64. The van der Waals surface area contributed by atoms with Gasteiger partial charge in [-0.3, -0.25) is 0 Å². The summed E-state index contributed by atoms with van der Waals surface area (Å²) in [5.74, 6) is 0.694. The predicted molar refractivity (Wildman–Crippen MR) is 87.0 cm³/mol. The summed E-state index contributed by atoms with van der Waals surface area (Å²) < 4.78 is 17.7. The summed E-state index contributed by atoms with van der Waals surface area (Å²) in [5.41, 5.74) is 1.92. The standard InChI is InChI=1S/C20H24O4/c1-11-16-17-20(3)13(18(21)24-17)5-4-6-15(20)19(11,2)9-14(23-16)12-7-8-22-10-12/h5,7-8,10-11,14-17H,4,6,9H2,1-3H3/t11-,14-,15-,16-,17-,19+,20+/m1/s1. The molecule has 128 valence electrons. The van der Waals surface area contributed by atoms with E-state index in [-0.39, 0.29) is 35.1 Å². The van der Waals surface area contributed by atoms with Crippen molar-refractivity contribution in [2.45, 2.75) is 58.3 Å². The molecule has 1 aromatic heterocycles. The van der Waals surface area contributed by atoms with Gasteiger partial charge in [-0.2, -0.15) is 0 Å². The van der Waals surface area contributed by atoms with Crippen molar-refractivity contribution in [3.05, 3.63) is 35.8 Å². The van der Waals surface area contributed by atoms with E-state index in [4.69, 9.17) is 13.9 Å². The molecule has 4 heteroatoms. The Labute approximate surface area is 142 Å². The van der Waals surface area contributed by atoms with E-state index in [0.29, 0.717) is 11.8 Å². The van der Waals surface area contributed by atoms with E-state index < -0.39 is 0 Å². The van der Waals surface area contributed by atoms with Crippen LogP contribution in [0.4, 0.5) is 0 Å². The Kier molecular flexibility index (Phi) is 2.79. The van der Waals surface area contributed by atoms with Crippen LogP contribution >= 0.6 is 0 Å². The van der Waals surface area contributed by atoms with Crippen molar-refractivity contribution < 1.29 is 18.7 Å². The molecule has 0 N–H and O–H groups in total. The molecule has 0 unspecified atom stereocenters. The third-order valence-electron chi connectivity index (χ3n) is 7.64. The van der Waals surface area contributed by atoms with Crippen molar-refractivity contribution in [3.63, 3.8) is 0 Å². The second-order valence-electron chi connectivity index (χ2n) is 8.50. The Morgan fingerprint density at radius 3 is 2.88 bits per heavy atom. The van der Waals surface area contributed by atoms with Gasteiger partial charge in [0.25, 0.3) is 0 Å². The number of carbonyl (C=O) groups excluding carboxylic acids is 1. The third kappa shape index (κ3) is 1.56. The molecule has 4 nitrogen and oxygen atoms in total. The molecular weight excluding hydrogens is 304 g/mol. The molecule has 24 heavy (non-hydrogen) atoms. The van der Waals surface area contributed by atoms with Gasteiger partial charge in [-0.1, -0.05) is 26.8 Å². The molecule has 3 heterocycles. The summed E-state index contributed by atoms with van der Waals surface area (Å²) in [5, 5.41) is 0. The first-order valence-electron chi connectivity index (χ1n) is 9.05. The lowest BCUT2D eigenvalue weighted by Gasteiger charge is -2.63. The minimum atomic E-state index is -0.206. The van der Waals surface area contributed by atoms with Gasteiger partial charge in [-0.25, -0.2) is 4.79 Å². The highest BCUT2D eigenvalue weighted by molar-refractivity contribution is 5.93. The van der Waals surface area contributed by atoms with Gasteiger partial charge in [0.2, 0.25) is 0 Å². The largest absolute Gasteiger partial charge is 0.472 e. The molecule has 2 bridgehead atoms. The minimum Gasteiger partial charge on any atom is -0.472 e. The quantitative estimate of drug-likeness (QED) is 0.730. The van der Waals surface area contributed by atoms with Crippen molar-refractivity contribution in [1.29, 1.82) is 0 Å². The van der Waals surface area contributed by atoms with Crippen molar-refractivity contribution in [1.82, 2.24) is 0 Å². The maximum atomic E-state index is 12.5. The van der Waals surface area contributed by atoms with Crippen molar-refractivity contribution in [3.8, 4) is 0 Å². The zero-order chi connectivity index (χ0) is 16.7. The second kappa shape index (κ2) is 4.54. The van der Waals surface area contributed by atoms with Gasteiger partial charge in [0, 0.05) is 16.6 Å². The minimum absolute atomic E-state index is 0.0214. The fourth-order valence-corrected chi connectivity index (χ4v) is 6.24. The molecule has 1 aromatic rings. The van der Waals surface area contributed by atoms with Gasteiger partial charge < -0.3 is 13.9 Å². The topological polar surface area (TPSA) is 48.7 Å². The molecule has 2 saturated heterocycles. The van der Waals surface area contributed by atoms with E-state index >= 15 is 0 Å². The van der Waals surface area contributed by atoms with Crippen LogP contribution < -0.4 is 0 Å². The maximum absolute atomic E-state index is 12.5. The Hall–Kier alpha value is -1.55. The molecule has 7 atom stereocenters. The van der Waals surface area contributed by atoms with Gasteiger partial charge in [0.15, 0.2) is 0 Å². The smallest absolute Gasteiger partial charge is 0.334 e. The average Bonchev–Trinajstić information content (AvgIpc) is 3.16. The molecular formula is C20H24O4. The fourth-order valence-electron chi connectivity index (χ4n) is 6.24. The molecule has 3 fully saturated rings. The lowest BCUT2D eigenvalue weighted by molar-refractivity contribution is -0.256.